The van der Waals surface area contributed by atoms with E-state index in [0.29, 0.717) is 28.0 Å². The Bertz CT molecular complexity index is 4080. The number of likely N-dealkylation sites (tertiary alicyclic amines) is 2. The lowest BCUT2D eigenvalue weighted by Crippen LogP contribution is -2.61. The van der Waals surface area contributed by atoms with E-state index < -0.39 is 143 Å². The van der Waals surface area contributed by atoms with Gasteiger partial charge in [-0.2, -0.15) is 0 Å². The molecule has 6 aliphatic heterocycles. The number of aliphatic carboxylic acids is 2. The quantitative estimate of drug-likeness (QED) is 0.0658. The standard InChI is InChI=1S/C75H92N12O15/c1-9-55(80-64(88)42(2)76-7)71(95)87-41-53-38-62(87)70(94)82-58(36-50-39-78-56-19-13-12-18-54(50)56)68(92)84-59(73(97)98)33-44-20-26-48(27-21-44)66(90)79-51-37-61(86(40-51)72(96)63(75(4,5)6)85-65(89)43(3)77-8)69(93)81-57(35-46-22-25-47-16-10-11-17-49(47)32-46)67(91)83-60(74(99)100)34-45-23-28-52(29-24-45)101-30-14-15-31-102-53/h10-29,32,39,42-43,51,53,55,57-63,76-78H,9,30-31,33-38,40-41H2,1-8H3,(H,79,90)(H,80,88)(H,81,93)(H,82,94)(H,83,91)(H,84,92)(H,85,89)(H,97,98)(H,99,100). The van der Waals surface area contributed by atoms with Crippen LogP contribution in [0.2, 0.25) is 0 Å². The molecule has 6 aromatic rings. The Morgan fingerprint density at radius 2 is 1.17 bits per heavy atom. The van der Waals surface area contributed by atoms with Gasteiger partial charge < -0.3 is 82.3 Å². The predicted molar refractivity (Wildman–Crippen MR) is 379 cm³/mol. The molecule has 0 aliphatic carbocycles. The monoisotopic (exact) mass is 1400 g/mol. The molecule has 2 saturated heterocycles. The number of amides is 9. The third kappa shape index (κ3) is 19.3. The normalized spacial score (nSPS) is 22.6. The van der Waals surface area contributed by atoms with Crippen LogP contribution in [0.3, 0.4) is 0 Å². The van der Waals surface area contributed by atoms with Crippen LogP contribution in [-0.2, 0) is 78.4 Å². The van der Waals surface area contributed by atoms with Crippen molar-refractivity contribution in [1.82, 2.24) is 62.6 Å². The van der Waals surface area contributed by atoms with Gasteiger partial charge >= 0.3 is 11.9 Å². The van der Waals surface area contributed by atoms with E-state index in [-0.39, 0.29) is 76.8 Å². The summed E-state index contributed by atoms with van der Waals surface area (Å²) in [5.74, 6) is -8.42. The number of ether oxygens (including phenoxy) is 2. The van der Waals surface area contributed by atoms with Crippen LogP contribution in [0.5, 0.6) is 5.75 Å². The Kier molecular flexibility index (Phi) is 25.4. The second-order valence-electron chi connectivity index (χ2n) is 27.3. The molecule has 2 fully saturated rings. The number of carbonyl (C=O) groups excluding carboxylic acids is 9. The van der Waals surface area contributed by atoms with Gasteiger partial charge in [0.2, 0.25) is 47.3 Å². The van der Waals surface area contributed by atoms with Crippen molar-refractivity contribution in [2.45, 2.75) is 159 Å². The number of carboxylic acids is 2. The topological polar surface area (TPSA) is 377 Å². The van der Waals surface area contributed by atoms with Crippen LogP contribution in [0.25, 0.3) is 21.7 Å². The van der Waals surface area contributed by atoms with Crippen molar-refractivity contribution in [2.24, 2.45) is 5.41 Å². The molecule has 12 rings (SSSR count). The van der Waals surface area contributed by atoms with Gasteiger partial charge in [0.1, 0.15) is 60.7 Å². The van der Waals surface area contributed by atoms with Gasteiger partial charge in [0, 0.05) is 73.9 Å². The average Bonchev–Trinajstić information content (AvgIpc) is 1.61. The van der Waals surface area contributed by atoms with E-state index in [2.05, 4.69) is 52.8 Å². The molecule has 0 radical (unpaired) electrons. The molecule has 12 unspecified atom stereocenters. The average molecular weight is 1400 g/mol. The molecule has 7 heterocycles. The number of aromatic nitrogens is 1. The molecule has 1 aromatic heterocycles. The Morgan fingerprint density at radius 1 is 0.608 bits per heavy atom. The Morgan fingerprint density at radius 3 is 1.77 bits per heavy atom. The summed E-state index contributed by atoms with van der Waals surface area (Å²) >= 11 is 0. The van der Waals surface area contributed by atoms with Crippen LogP contribution >= 0.6 is 0 Å². The smallest absolute Gasteiger partial charge is 0.326 e. The molecule has 27 heteroatoms. The molecule has 9 amide bonds. The number of benzene rings is 5. The molecule has 0 spiro atoms. The van der Waals surface area contributed by atoms with E-state index in [1.165, 1.54) is 34.1 Å². The molecular weight excluding hydrogens is 1310 g/mol. The van der Waals surface area contributed by atoms with Crippen LogP contribution < -0.4 is 52.6 Å². The number of fused-ring (bicyclic) bond motifs is 2. The minimum Gasteiger partial charge on any atom is -0.490 e. The fraction of sp³-hybridized carbons (Fsp3) is 0.427. The number of rotatable bonds is 15. The largest absolute Gasteiger partial charge is 0.490 e. The first-order valence-corrected chi connectivity index (χ1v) is 34.4. The number of carboxylic acid groups (broad SMARTS) is 2. The maximum atomic E-state index is 15.2. The van der Waals surface area contributed by atoms with Crippen molar-refractivity contribution in [2.75, 3.05) is 40.4 Å². The highest BCUT2D eigenvalue weighted by Gasteiger charge is 2.47. The van der Waals surface area contributed by atoms with Crippen LogP contribution in [-0.4, -0.2) is 203 Å². The van der Waals surface area contributed by atoms with Gasteiger partial charge in [-0.05, 0) is 116 Å². The van der Waals surface area contributed by atoms with E-state index in [4.69, 9.17) is 9.47 Å². The summed E-state index contributed by atoms with van der Waals surface area (Å²) in [6, 6.07) is 19.7. The zero-order chi connectivity index (χ0) is 73.5. The highest BCUT2D eigenvalue weighted by Crippen LogP contribution is 2.29. The number of nitrogens with zero attached hydrogens (tertiary/aromatic N) is 2. The highest BCUT2D eigenvalue weighted by atomic mass is 16.5. The van der Waals surface area contributed by atoms with E-state index >= 15 is 9.59 Å². The van der Waals surface area contributed by atoms with Gasteiger partial charge in [-0.3, -0.25) is 43.2 Å². The summed E-state index contributed by atoms with van der Waals surface area (Å²) in [5.41, 5.74) is 2.02. The molecule has 0 saturated carbocycles. The number of nitrogens with one attached hydrogen (secondary N) is 10. The fourth-order valence-corrected chi connectivity index (χ4v) is 12.8. The van der Waals surface area contributed by atoms with Crippen LogP contribution in [0.4, 0.5) is 0 Å². The first-order chi connectivity index (χ1) is 48.7. The SMILES string of the molecule is CCC(NC(=O)C(C)NC)C(=O)N1CC2CC1C(=O)NC(Cc1c[nH]c3ccccc13)C(=O)NC(C(=O)O)Cc1ccc(cc1)C(=O)NC1CC(C(=O)NC(Cc3ccc4ccccc4c3)C(=O)NC(C(=O)O)Cc3ccc(cc3)OCC=CCO2)N(C(=O)C(NC(=O)C(C)NC)C(C)(C)C)C1. The van der Waals surface area contributed by atoms with Crippen LogP contribution in [0, 0.1) is 5.41 Å². The minimum atomic E-state index is -1.59. The van der Waals surface area contributed by atoms with Crippen molar-refractivity contribution < 1.29 is 72.4 Å². The van der Waals surface area contributed by atoms with Gasteiger partial charge in [-0.1, -0.05) is 119 Å². The number of carbonyl (C=O) groups is 11. The van der Waals surface area contributed by atoms with E-state index in [9.17, 15) is 53.4 Å². The molecule has 12 N–H and O–H groups in total. The number of hydrogen-bond acceptors (Lipinski definition) is 15. The minimum absolute atomic E-state index is 0.0129. The first-order valence-electron chi connectivity index (χ1n) is 34.4. The van der Waals surface area contributed by atoms with Gasteiger partial charge in [0.15, 0.2) is 0 Å². The predicted octanol–water partition coefficient (Wildman–Crippen LogP) is 2.98. The highest BCUT2D eigenvalue weighted by molar-refractivity contribution is 5.99. The second kappa shape index (κ2) is 34.2. The van der Waals surface area contributed by atoms with Crippen molar-refractivity contribution in [3.63, 3.8) is 0 Å². The summed E-state index contributed by atoms with van der Waals surface area (Å²) < 4.78 is 12.2. The van der Waals surface area contributed by atoms with Crippen molar-refractivity contribution in [1.29, 1.82) is 0 Å². The number of H-pyrrole nitrogens is 1. The van der Waals surface area contributed by atoms with Crippen LogP contribution in [0.1, 0.15) is 93.4 Å². The Hall–Kier alpha value is -10.5. The number of para-hydroxylation sites is 1. The molecule has 27 nitrogen and oxygen atoms in total. The van der Waals surface area contributed by atoms with Crippen molar-refractivity contribution in [3.8, 4) is 5.75 Å². The Balaban J connectivity index is 1.04. The zero-order valence-corrected chi connectivity index (χ0v) is 58.5. The molecule has 6 aliphatic rings. The van der Waals surface area contributed by atoms with Crippen molar-refractivity contribution in [3.05, 3.63) is 161 Å². The summed E-state index contributed by atoms with van der Waals surface area (Å²) in [6.07, 6.45) is 3.59. The second-order valence-corrected chi connectivity index (χ2v) is 27.3. The lowest BCUT2D eigenvalue weighted by atomic mass is 9.85. The summed E-state index contributed by atoms with van der Waals surface area (Å²) in [4.78, 5) is 162. The summed E-state index contributed by atoms with van der Waals surface area (Å²) in [7, 11) is 3.19. The third-order valence-electron chi connectivity index (χ3n) is 19.0. The van der Waals surface area contributed by atoms with Gasteiger partial charge in [-0.15, -0.1) is 0 Å². The van der Waals surface area contributed by atoms with Gasteiger partial charge in [0.25, 0.3) is 5.91 Å². The third-order valence-corrected chi connectivity index (χ3v) is 19.0. The number of likely N-dealkylation sites (N-methyl/N-ethyl adjacent to an activating group) is 2. The number of hydrogen-bond donors (Lipinski definition) is 12. The molecule has 102 heavy (non-hydrogen) atoms. The maximum Gasteiger partial charge on any atom is 0.326 e. The lowest BCUT2D eigenvalue weighted by molar-refractivity contribution is -0.145. The molecule has 8 bridgehead atoms. The molecule has 12 atom stereocenters. The summed E-state index contributed by atoms with van der Waals surface area (Å²) in [6.45, 7) is 9.96. The van der Waals surface area contributed by atoms with E-state index in [0.717, 1.165) is 21.7 Å². The van der Waals surface area contributed by atoms with Crippen LogP contribution in [0.15, 0.2) is 134 Å². The zero-order valence-electron chi connectivity index (χ0n) is 58.5. The van der Waals surface area contributed by atoms with Gasteiger partial charge in [0.05, 0.1) is 24.8 Å². The Labute approximate surface area is 591 Å². The maximum absolute atomic E-state index is 15.2. The number of aromatic amines is 1. The molecule has 5 aromatic carbocycles. The first kappa shape index (κ1) is 75.7. The summed E-state index contributed by atoms with van der Waals surface area (Å²) in [5, 5.41) is 49.1. The van der Waals surface area contributed by atoms with E-state index in [1.54, 1.807) is 104 Å². The van der Waals surface area contributed by atoms with E-state index in [1.807, 2.05) is 60.7 Å². The fourth-order valence-electron chi connectivity index (χ4n) is 12.8. The molecule has 542 valence electrons. The molecular formula is C75H92N12O15. The van der Waals surface area contributed by atoms with Gasteiger partial charge in [-0.25, -0.2) is 9.59 Å². The van der Waals surface area contributed by atoms with Crippen molar-refractivity contribution >= 4 is 86.8 Å². The lowest BCUT2D eigenvalue weighted by Gasteiger charge is -2.36.